The summed E-state index contributed by atoms with van der Waals surface area (Å²) in [5.74, 6) is 0.600. The molecule has 6 nitrogen and oxygen atoms in total. The van der Waals surface area contributed by atoms with E-state index in [9.17, 15) is 18.6 Å². The third-order valence-electron chi connectivity index (χ3n) is 3.00. The van der Waals surface area contributed by atoms with Gasteiger partial charge in [0.05, 0.1) is 23.7 Å². The summed E-state index contributed by atoms with van der Waals surface area (Å²) < 4.78 is 30.8. The van der Waals surface area contributed by atoms with E-state index in [0.29, 0.717) is 12.4 Å². The molecule has 1 aromatic rings. The van der Waals surface area contributed by atoms with Crippen LogP contribution >= 0.6 is 0 Å². The van der Waals surface area contributed by atoms with Gasteiger partial charge in [0.1, 0.15) is 5.75 Å². The lowest BCUT2D eigenvalue weighted by Gasteiger charge is -2.15. The van der Waals surface area contributed by atoms with Crippen LogP contribution in [0.3, 0.4) is 0 Å². The molecule has 2 atom stereocenters. The Kier molecular flexibility index (Phi) is 4.10. The van der Waals surface area contributed by atoms with Crippen LogP contribution in [0.1, 0.15) is 6.92 Å². The fourth-order valence-corrected chi connectivity index (χ4v) is 3.43. The van der Waals surface area contributed by atoms with Crippen molar-refractivity contribution in [1.82, 2.24) is 4.31 Å². The van der Waals surface area contributed by atoms with E-state index in [1.165, 1.54) is 12.1 Å². The predicted molar refractivity (Wildman–Crippen MR) is 68.4 cm³/mol. The molecule has 0 radical (unpaired) electrons. The number of hydrogen-bond acceptors (Lipinski definition) is 5. The van der Waals surface area contributed by atoms with E-state index in [2.05, 4.69) is 0 Å². The van der Waals surface area contributed by atoms with Gasteiger partial charge in [-0.25, -0.2) is 8.42 Å². The zero-order valence-electron chi connectivity index (χ0n) is 10.6. The second kappa shape index (κ2) is 5.46. The first-order valence-corrected chi connectivity index (χ1v) is 7.48. The molecular formula is C12H17NO5S. The van der Waals surface area contributed by atoms with Crippen LogP contribution in [0.5, 0.6) is 5.75 Å². The first-order chi connectivity index (χ1) is 8.95. The highest BCUT2D eigenvalue weighted by atomic mass is 32.2. The third-order valence-corrected chi connectivity index (χ3v) is 4.84. The maximum absolute atomic E-state index is 12.3. The molecule has 7 heteroatoms. The fourth-order valence-electron chi connectivity index (χ4n) is 1.95. The molecule has 1 aliphatic heterocycles. The highest BCUT2D eigenvalue weighted by Gasteiger charge is 2.37. The average molecular weight is 287 g/mol. The third kappa shape index (κ3) is 2.89. The van der Waals surface area contributed by atoms with Crippen molar-refractivity contribution in [2.45, 2.75) is 24.0 Å². The molecule has 1 heterocycles. The Bertz CT molecular complexity index is 518. The Hall–Kier alpha value is -1.15. The van der Waals surface area contributed by atoms with Crippen LogP contribution in [-0.2, 0) is 10.0 Å². The molecule has 1 aromatic carbocycles. The molecule has 0 spiro atoms. The monoisotopic (exact) mass is 287 g/mol. The van der Waals surface area contributed by atoms with E-state index in [0.717, 1.165) is 4.31 Å². The number of rotatable bonds is 4. The van der Waals surface area contributed by atoms with Gasteiger partial charge in [-0.1, -0.05) is 0 Å². The van der Waals surface area contributed by atoms with Crippen LogP contribution in [0.2, 0.25) is 0 Å². The van der Waals surface area contributed by atoms with Crippen LogP contribution in [0, 0.1) is 0 Å². The molecule has 1 fully saturated rings. The molecule has 2 N–H and O–H groups in total. The minimum Gasteiger partial charge on any atom is -0.494 e. The summed E-state index contributed by atoms with van der Waals surface area (Å²) in [5, 5.41) is 18.8. The summed E-state index contributed by atoms with van der Waals surface area (Å²) in [6.45, 7) is 2.18. The number of nitrogens with zero attached hydrogens (tertiary/aromatic N) is 1. The molecule has 2 rings (SSSR count). The summed E-state index contributed by atoms with van der Waals surface area (Å²) in [4.78, 5) is 0.122. The maximum Gasteiger partial charge on any atom is 0.243 e. The van der Waals surface area contributed by atoms with Crippen LogP contribution in [0.4, 0.5) is 0 Å². The predicted octanol–water partition coefficient (Wildman–Crippen LogP) is -0.189. The fraction of sp³-hybridized carbons (Fsp3) is 0.500. The van der Waals surface area contributed by atoms with Crippen molar-refractivity contribution in [3.05, 3.63) is 24.3 Å². The van der Waals surface area contributed by atoms with Crippen LogP contribution in [0.25, 0.3) is 0 Å². The SMILES string of the molecule is CCOc1ccc(S(=O)(=O)N2CC(O)C(O)C2)cc1. The first kappa shape index (κ1) is 14.3. The lowest BCUT2D eigenvalue weighted by atomic mass is 10.3. The van der Waals surface area contributed by atoms with Crippen molar-refractivity contribution in [3.8, 4) is 5.75 Å². The maximum atomic E-state index is 12.3. The van der Waals surface area contributed by atoms with Gasteiger partial charge >= 0.3 is 0 Å². The summed E-state index contributed by atoms with van der Waals surface area (Å²) >= 11 is 0. The number of aliphatic hydroxyl groups is 2. The van der Waals surface area contributed by atoms with E-state index >= 15 is 0 Å². The molecule has 19 heavy (non-hydrogen) atoms. The van der Waals surface area contributed by atoms with Gasteiger partial charge in [-0.3, -0.25) is 0 Å². The normalized spacial score (nSPS) is 24.6. The van der Waals surface area contributed by atoms with Crippen molar-refractivity contribution >= 4 is 10.0 Å². The van der Waals surface area contributed by atoms with Gasteiger partial charge in [0.2, 0.25) is 10.0 Å². The number of hydrogen-bond donors (Lipinski definition) is 2. The Balaban J connectivity index is 2.20. The minimum absolute atomic E-state index is 0.0866. The standard InChI is InChI=1S/C12H17NO5S/c1-2-18-9-3-5-10(6-4-9)19(16,17)13-7-11(14)12(15)8-13/h3-6,11-12,14-15H,2,7-8H2,1H3. The van der Waals surface area contributed by atoms with Crippen molar-refractivity contribution in [2.24, 2.45) is 0 Å². The lowest BCUT2D eigenvalue weighted by molar-refractivity contribution is 0.0572. The molecule has 0 amide bonds. The van der Waals surface area contributed by atoms with Gasteiger partial charge in [0.15, 0.2) is 0 Å². The molecule has 106 valence electrons. The number of sulfonamides is 1. The molecule has 0 aliphatic carbocycles. The van der Waals surface area contributed by atoms with Gasteiger partial charge in [0.25, 0.3) is 0 Å². The van der Waals surface area contributed by atoms with Crippen LogP contribution < -0.4 is 4.74 Å². The molecule has 1 saturated heterocycles. The van der Waals surface area contributed by atoms with Crippen molar-refractivity contribution in [1.29, 1.82) is 0 Å². The molecule has 1 aliphatic rings. The second-order valence-electron chi connectivity index (χ2n) is 4.36. The number of benzene rings is 1. The minimum atomic E-state index is -3.68. The summed E-state index contributed by atoms with van der Waals surface area (Å²) in [7, 11) is -3.68. The summed E-state index contributed by atoms with van der Waals surface area (Å²) in [6.07, 6.45) is -2.06. The molecule has 0 aromatic heterocycles. The van der Waals surface area contributed by atoms with Gasteiger partial charge in [-0.15, -0.1) is 0 Å². The zero-order valence-corrected chi connectivity index (χ0v) is 11.4. The highest BCUT2D eigenvalue weighted by molar-refractivity contribution is 7.89. The zero-order chi connectivity index (χ0) is 14.0. The van der Waals surface area contributed by atoms with E-state index < -0.39 is 22.2 Å². The molecular weight excluding hydrogens is 270 g/mol. The van der Waals surface area contributed by atoms with E-state index in [4.69, 9.17) is 4.74 Å². The van der Waals surface area contributed by atoms with E-state index in [-0.39, 0.29) is 18.0 Å². The summed E-state index contributed by atoms with van der Waals surface area (Å²) in [5.41, 5.74) is 0. The Morgan fingerprint density at radius 3 is 2.21 bits per heavy atom. The van der Waals surface area contributed by atoms with Crippen LogP contribution in [0.15, 0.2) is 29.2 Å². The summed E-state index contributed by atoms with van der Waals surface area (Å²) in [6, 6.07) is 6.08. The number of aliphatic hydroxyl groups excluding tert-OH is 2. The van der Waals surface area contributed by atoms with Gasteiger partial charge < -0.3 is 14.9 Å². The topological polar surface area (TPSA) is 87.1 Å². The van der Waals surface area contributed by atoms with E-state index in [1.807, 2.05) is 6.92 Å². The van der Waals surface area contributed by atoms with Crippen molar-refractivity contribution in [3.63, 3.8) is 0 Å². The van der Waals surface area contributed by atoms with E-state index in [1.54, 1.807) is 12.1 Å². The van der Waals surface area contributed by atoms with Crippen molar-refractivity contribution in [2.75, 3.05) is 19.7 Å². The molecule has 0 bridgehead atoms. The quantitative estimate of drug-likeness (QED) is 0.801. The number of β-amino-alcohol motifs (C(OH)–C–C–N with tert-alkyl or cyclic N) is 2. The van der Waals surface area contributed by atoms with Gasteiger partial charge in [-0.2, -0.15) is 4.31 Å². The molecule has 0 saturated carbocycles. The largest absolute Gasteiger partial charge is 0.494 e. The van der Waals surface area contributed by atoms with Gasteiger partial charge in [0, 0.05) is 13.1 Å². The Morgan fingerprint density at radius 1 is 1.21 bits per heavy atom. The van der Waals surface area contributed by atoms with Crippen molar-refractivity contribution < 1.29 is 23.4 Å². The average Bonchev–Trinajstić information content (AvgIpc) is 2.71. The van der Waals surface area contributed by atoms with Gasteiger partial charge in [-0.05, 0) is 31.2 Å². The first-order valence-electron chi connectivity index (χ1n) is 6.04. The Morgan fingerprint density at radius 2 is 1.74 bits per heavy atom. The lowest BCUT2D eigenvalue weighted by Crippen LogP contribution is -2.29. The second-order valence-corrected chi connectivity index (χ2v) is 6.30. The highest BCUT2D eigenvalue weighted by Crippen LogP contribution is 2.23. The molecule has 2 unspecified atom stereocenters. The van der Waals surface area contributed by atoms with Crippen LogP contribution in [-0.4, -0.2) is 54.8 Å². The number of ether oxygens (including phenoxy) is 1. The Labute approximate surface area is 112 Å². The smallest absolute Gasteiger partial charge is 0.243 e.